The van der Waals surface area contributed by atoms with E-state index in [1.807, 2.05) is 37.4 Å². The summed E-state index contributed by atoms with van der Waals surface area (Å²) in [6, 6.07) is 7.20. The maximum atomic E-state index is 12.3. The van der Waals surface area contributed by atoms with Crippen LogP contribution >= 0.6 is 11.8 Å². The molecule has 2 amide bonds. The topological polar surface area (TPSA) is 61.8 Å². The Morgan fingerprint density at radius 2 is 2.35 bits per heavy atom. The molecule has 0 aliphatic carbocycles. The number of likely N-dealkylation sites (N-methyl/N-ethyl adjacent to an activating group) is 1. The van der Waals surface area contributed by atoms with Crippen molar-refractivity contribution < 1.29 is 14.6 Å². The summed E-state index contributed by atoms with van der Waals surface area (Å²) in [4.78, 5) is 15.0. The van der Waals surface area contributed by atoms with Gasteiger partial charge in [0.2, 0.25) is 0 Å². The largest absolute Gasteiger partial charge is 0.388 e. The summed E-state index contributed by atoms with van der Waals surface area (Å²) in [6.45, 7) is 3.09. The molecule has 1 aliphatic rings. The second kappa shape index (κ2) is 6.97. The molecule has 0 radical (unpaired) electrons. The number of ether oxygens (including phenoxy) is 1. The van der Waals surface area contributed by atoms with Crippen LogP contribution in [0.5, 0.6) is 0 Å². The highest BCUT2D eigenvalue weighted by atomic mass is 32.2. The molecule has 0 unspecified atom stereocenters. The van der Waals surface area contributed by atoms with Crippen LogP contribution in [0.4, 0.5) is 10.5 Å². The first-order chi connectivity index (χ1) is 9.65. The van der Waals surface area contributed by atoms with Gasteiger partial charge in [-0.25, -0.2) is 4.79 Å². The number of amides is 2. The third-order valence-corrected chi connectivity index (χ3v) is 4.07. The van der Waals surface area contributed by atoms with Crippen molar-refractivity contribution in [3.05, 3.63) is 24.3 Å². The monoisotopic (exact) mass is 296 g/mol. The van der Waals surface area contributed by atoms with Gasteiger partial charge in [0, 0.05) is 17.1 Å². The standard InChI is InChI=1S/C14H20N2O3S/c1-3-16(12-8-19-9-13(12)17)14(18)15-10-5-4-6-11(7-10)20-2/h4-7,12-13,17H,3,8-9H2,1-2H3,(H,15,18)/t12-,13-/m0/s1. The summed E-state index contributed by atoms with van der Waals surface area (Å²) < 4.78 is 5.21. The zero-order valence-electron chi connectivity index (χ0n) is 11.7. The lowest BCUT2D eigenvalue weighted by atomic mass is 10.2. The minimum atomic E-state index is -0.613. The molecule has 0 aromatic heterocycles. The molecule has 0 saturated carbocycles. The molecule has 110 valence electrons. The Morgan fingerprint density at radius 1 is 1.55 bits per heavy atom. The van der Waals surface area contributed by atoms with Crippen molar-refractivity contribution in [1.82, 2.24) is 4.90 Å². The minimum absolute atomic E-state index is 0.208. The van der Waals surface area contributed by atoms with Crippen LogP contribution in [0.3, 0.4) is 0 Å². The molecule has 20 heavy (non-hydrogen) atoms. The Balaban J connectivity index is 2.05. The first-order valence-electron chi connectivity index (χ1n) is 6.63. The predicted octanol–water partition coefficient (Wildman–Crippen LogP) is 2.02. The third kappa shape index (κ3) is 3.45. The molecule has 1 aromatic carbocycles. The van der Waals surface area contributed by atoms with Crippen molar-refractivity contribution in [2.24, 2.45) is 0 Å². The normalized spacial score (nSPS) is 21.8. The molecule has 2 N–H and O–H groups in total. The number of carbonyl (C=O) groups excluding carboxylic acids is 1. The number of thioether (sulfide) groups is 1. The number of aliphatic hydroxyl groups is 1. The summed E-state index contributed by atoms with van der Waals surface area (Å²) in [5.74, 6) is 0. The number of hydrogen-bond acceptors (Lipinski definition) is 4. The number of nitrogens with one attached hydrogen (secondary N) is 1. The fraction of sp³-hybridized carbons (Fsp3) is 0.500. The zero-order valence-corrected chi connectivity index (χ0v) is 12.5. The second-order valence-corrected chi connectivity index (χ2v) is 5.50. The van der Waals surface area contributed by atoms with Crippen molar-refractivity contribution in [1.29, 1.82) is 0 Å². The molecule has 2 atom stereocenters. The first-order valence-corrected chi connectivity index (χ1v) is 7.85. The van der Waals surface area contributed by atoms with E-state index >= 15 is 0 Å². The summed E-state index contributed by atoms with van der Waals surface area (Å²) >= 11 is 1.63. The lowest BCUT2D eigenvalue weighted by Crippen LogP contribution is -2.48. The van der Waals surface area contributed by atoms with Crippen molar-refractivity contribution in [2.75, 3.05) is 31.3 Å². The van der Waals surface area contributed by atoms with Crippen LogP contribution in [0.2, 0.25) is 0 Å². The number of aliphatic hydroxyl groups excluding tert-OH is 1. The average molecular weight is 296 g/mol. The van der Waals surface area contributed by atoms with Gasteiger partial charge in [-0.2, -0.15) is 0 Å². The van der Waals surface area contributed by atoms with Gasteiger partial charge in [0.15, 0.2) is 0 Å². The quantitative estimate of drug-likeness (QED) is 0.835. The first kappa shape index (κ1) is 15.2. The van der Waals surface area contributed by atoms with Crippen LogP contribution in [-0.4, -0.2) is 54.2 Å². The van der Waals surface area contributed by atoms with Gasteiger partial charge < -0.3 is 20.1 Å². The van der Waals surface area contributed by atoms with Gasteiger partial charge in [-0.1, -0.05) is 6.07 Å². The van der Waals surface area contributed by atoms with Crippen LogP contribution in [0.1, 0.15) is 6.92 Å². The van der Waals surface area contributed by atoms with Gasteiger partial charge in [0.05, 0.1) is 25.4 Å². The van der Waals surface area contributed by atoms with Gasteiger partial charge >= 0.3 is 6.03 Å². The van der Waals surface area contributed by atoms with Crippen molar-refractivity contribution in [3.8, 4) is 0 Å². The van der Waals surface area contributed by atoms with Crippen molar-refractivity contribution in [2.45, 2.75) is 24.0 Å². The number of nitrogens with zero attached hydrogens (tertiary/aromatic N) is 1. The van der Waals surface area contributed by atoms with Gasteiger partial charge in [-0.3, -0.25) is 0 Å². The van der Waals surface area contributed by atoms with E-state index in [1.54, 1.807) is 16.7 Å². The molecular weight excluding hydrogens is 276 g/mol. The van der Waals surface area contributed by atoms with E-state index in [0.29, 0.717) is 13.2 Å². The molecule has 1 aromatic rings. The maximum absolute atomic E-state index is 12.3. The third-order valence-electron chi connectivity index (χ3n) is 3.34. The van der Waals surface area contributed by atoms with Gasteiger partial charge in [-0.05, 0) is 31.4 Å². The van der Waals surface area contributed by atoms with Gasteiger partial charge in [0.1, 0.15) is 0 Å². The maximum Gasteiger partial charge on any atom is 0.322 e. The molecule has 6 heteroatoms. The molecule has 2 rings (SSSR count). The Bertz CT molecular complexity index is 469. The highest BCUT2D eigenvalue weighted by Crippen LogP contribution is 2.20. The fourth-order valence-electron chi connectivity index (χ4n) is 2.25. The Hall–Kier alpha value is -1.24. The van der Waals surface area contributed by atoms with Crippen molar-refractivity contribution in [3.63, 3.8) is 0 Å². The smallest absolute Gasteiger partial charge is 0.322 e. The molecule has 5 nitrogen and oxygen atoms in total. The van der Waals surface area contributed by atoms with Crippen molar-refractivity contribution >= 4 is 23.5 Å². The average Bonchev–Trinajstić information content (AvgIpc) is 2.86. The number of anilines is 1. The highest BCUT2D eigenvalue weighted by molar-refractivity contribution is 7.98. The summed E-state index contributed by atoms with van der Waals surface area (Å²) in [7, 11) is 0. The van der Waals surface area contributed by atoms with E-state index in [-0.39, 0.29) is 18.7 Å². The van der Waals surface area contributed by atoms with Gasteiger partial charge in [0.25, 0.3) is 0 Å². The van der Waals surface area contributed by atoms with Crippen LogP contribution in [0, 0.1) is 0 Å². The Labute approximate surface area is 123 Å². The fourth-order valence-corrected chi connectivity index (χ4v) is 2.71. The predicted molar refractivity (Wildman–Crippen MR) is 80.2 cm³/mol. The number of urea groups is 1. The Kier molecular flexibility index (Phi) is 5.28. The van der Waals surface area contributed by atoms with E-state index in [2.05, 4.69) is 5.32 Å². The van der Waals surface area contributed by atoms with Gasteiger partial charge in [-0.15, -0.1) is 11.8 Å². The molecule has 0 spiro atoms. The second-order valence-electron chi connectivity index (χ2n) is 4.62. The van der Waals surface area contributed by atoms with Crippen LogP contribution in [0.15, 0.2) is 29.2 Å². The SMILES string of the molecule is CCN(C(=O)Nc1cccc(SC)c1)[C@H]1COC[C@@H]1O. The van der Waals surface area contributed by atoms with Crippen LogP contribution < -0.4 is 5.32 Å². The molecule has 1 saturated heterocycles. The number of rotatable bonds is 4. The number of hydrogen-bond donors (Lipinski definition) is 2. The Morgan fingerprint density at radius 3 is 2.95 bits per heavy atom. The lowest BCUT2D eigenvalue weighted by Gasteiger charge is -2.28. The molecular formula is C14H20N2O3S. The van der Waals surface area contributed by atoms with E-state index in [1.165, 1.54) is 0 Å². The van der Waals surface area contributed by atoms with Crippen LogP contribution in [-0.2, 0) is 4.74 Å². The molecule has 0 bridgehead atoms. The zero-order chi connectivity index (χ0) is 14.5. The highest BCUT2D eigenvalue weighted by Gasteiger charge is 2.33. The number of carbonyl (C=O) groups is 1. The number of benzene rings is 1. The van der Waals surface area contributed by atoms with E-state index in [4.69, 9.17) is 4.74 Å². The lowest BCUT2D eigenvalue weighted by molar-refractivity contribution is 0.1000. The minimum Gasteiger partial charge on any atom is -0.388 e. The van der Waals surface area contributed by atoms with E-state index in [9.17, 15) is 9.90 Å². The summed E-state index contributed by atoms with van der Waals surface area (Å²) in [5, 5.41) is 12.7. The molecule has 1 fully saturated rings. The van der Waals surface area contributed by atoms with Crippen LogP contribution in [0.25, 0.3) is 0 Å². The summed E-state index contributed by atoms with van der Waals surface area (Å²) in [6.07, 6.45) is 1.38. The van der Waals surface area contributed by atoms with E-state index in [0.717, 1.165) is 10.6 Å². The molecule has 1 heterocycles. The summed E-state index contributed by atoms with van der Waals surface area (Å²) in [5.41, 5.74) is 0.758. The molecule has 1 aliphatic heterocycles. The van der Waals surface area contributed by atoms with E-state index < -0.39 is 6.10 Å².